The quantitative estimate of drug-likeness (QED) is 0.208. The van der Waals surface area contributed by atoms with E-state index in [9.17, 15) is 4.79 Å². The Morgan fingerprint density at radius 1 is 1.69 bits per heavy atom. The summed E-state index contributed by atoms with van der Waals surface area (Å²) in [6.45, 7) is 2.38. The zero-order valence-electron chi connectivity index (χ0n) is 8.51. The number of aromatic nitrogens is 2. The highest BCUT2D eigenvalue weighted by atomic mass is 32.2. The predicted molar refractivity (Wildman–Crippen MR) is 56.2 cm³/mol. The van der Waals surface area contributed by atoms with E-state index in [0.717, 1.165) is 11.8 Å². The summed E-state index contributed by atoms with van der Waals surface area (Å²) in [6.07, 6.45) is 0. The van der Waals surface area contributed by atoms with Crippen molar-refractivity contribution in [2.45, 2.75) is 11.9 Å². The van der Waals surface area contributed by atoms with Crippen molar-refractivity contribution in [1.82, 2.24) is 15.6 Å². The number of nitrogens with one attached hydrogen (secondary N) is 1. The number of nitrogens with zero attached hydrogens (tertiary/aromatic N) is 3. The third-order valence-corrected chi connectivity index (χ3v) is 2.47. The molecule has 0 saturated carbocycles. The van der Waals surface area contributed by atoms with Crippen LogP contribution in [-0.4, -0.2) is 39.6 Å². The Labute approximate surface area is 95.2 Å². The molecule has 0 bridgehead atoms. The summed E-state index contributed by atoms with van der Waals surface area (Å²) in [6, 6.07) is 0. The van der Waals surface area contributed by atoms with E-state index in [2.05, 4.69) is 25.4 Å². The second-order valence-corrected chi connectivity index (χ2v) is 3.61. The van der Waals surface area contributed by atoms with Crippen LogP contribution in [0, 0.1) is 0 Å². The molecule has 0 unspecified atom stereocenters. The van der Waals surface area contributed by atoms with Crippen LogP contribution in [0.15, 0.2) is 14.8 Å². The summed E-state index contributed by atoms with van der Waals surface area (Å²) in [5.41, 5.74) is 5.45. The van der Waals surface area contributed by atoms with Crippen molar-refractivity contribution in [1.29, 1.82) is 0 Å². The lowest BCUT2D eigenvalue weighted by Gasteiger charge is -1.99. The van der Waals surface area contributed by atoms with E-state index in [1.807, 2.05) is 6.92 Å². The summed E-state index contributed by atoms with van der Waals surface area (Å²) in [5.74, 6) is -0.186. The molecule has 0 spiro atoms. The van der Waals surface area contributed by atoms with Crippen molar-refractivity contribution in [3.8, 4) is 0 Å². The van der Waals surface area contributed by atoms with Gasteiger partial charge < -0.3 is 16.3 Å². The monoisotopic (exact) mass is 245 g/mol. The zero-order valence-corrected chi connectivity index (χ0v) is 9.32. The average molecular weight is 245 g/mol. The van der Waals surface area contributed by atoms with Gasteiger partial charge in [0.1, 0.15) is 0 Å². The van der Waals surface area contributed by atoms with Crippen LogP contribution in [0.3, 0.4) is 0 Å². The molecule has 1 aromatic rings. The minimum Gasteiger partial charge on any atom is -0.409 e. The molecule has 1 heterocycles. The van der Waals surface area contributed by atoms with Crippen LogP contribution in [0.2, 0.25) is 0 Å². The molecule has 4 N–H and O–H groups in total. The molecular weight excluding hydrogens is 234 g/mol. The van der Waals surface area contributed by atoms with Crippen molar-refractivity contribution < 1.29 is 14.6 Å². The third kappa shape index (κ3) is 3.12. The fraction of sp³-hybridized carbons (Fsp3) is 0.429. The minimum atomic E-state index is -0.209. The molecule has 8 nitrogen and oxygen atoms in total. The van der Waals surface area contributed by atoms with Crippen LogP contribution in [0.25, 0.3) is 0 Å². The molecule has 0 aromatic carbocycles. The number of thioether (sulfide) groups is 1. The van der Waals surface area contributed by atoms with E-state index in [-0.39, 0.29) is 23.2 Å². The summed E-state index contributed by atoms with van der Waals surface area (Å²) in [7, 11) is 0. The number of hydrogen-bond donors (Lipinski definition) is 3. The molecule has 1 rings (SSSR count). The largest absolute Gasteiger partial charge is 0.409 e. The summed E-state index contributed by atoms with van der Waals surface area (Å²) >= 11 is 1.09. The van der Waals surface area contributed by atoms with Gasteiger partial charge in [0, 0.05) is 6.54 Å². The van der Waals surface area contributed by atoms with Crippen molar-refractivity contribution >= 4 is 23.5 Å². The molecule has 9 heteroatoms. The topological polar surface area (TPSA) is 127 Å². The highest BCUT2D eigenvalue weighted by Crippen LogP contribution is 2.18. The lowest BCUT2D eigenvalue weighted by atomic mass is 10.4. The molecule has 0 fully saturated rings. The first-order chi connectivity index (χ1) is 7.69. The van der Waals surface area contributed by atoms with Crippen LogP contribution in [0.4, 0.5) is 0 Å². The van der Waals surface area contributed by atoms with E-state index in [0.29, 0.717) is 11.6 Å². The van der Waals surface area contributed by atoms with Gasteiger partial charge in [-0.3, -0.25) is 4.79 Å². The Balaban J connectivity index is 2.61. The van der Waals surface area contributed by atoms with Gasteiger partial charge in [-0.25, -0.2) is 4.63 Å². The fourth-order valence-electron chi connectivity index (χ4n) is 0.861. The van der Waals surface area contributed by atoms with Gasteiger partial charge in [-0.15, -0.1) is 0 Å². The van der Waals surface area contributed by atoms with Gasteiger partial charge in [0.25, 0.3) is 0 Å². The third-order valence-electron chi connectivity index (χ3n) is 1.52. The van der Waals surface area contributed by atoms with Gasteiger partial charge >= 0.3 is 0 Å². The maximum absolute atomic E-state index is 11.2. The van der Waals surface area contributed by atoms with E-state index in [1.54, 1.807) is 0 Å². The Kier molecular flexibility index (Phi) is 4.58. The number of amidine groups is 1. The molecular formula is C7H11N5O3S. The smallest absolute Gasteiger partial charge is 0.230 e. The zero-order chi connectivity index (χ0) is 12.0. The first-order valence-electron chi connectivity index (χ1n) is 4.39. The van der Waals surface area contributed by atoms with Crippen molar-refractivity contribution in [2.24, 2.45) is 10.9 Å². The Hall–Kier alpha value is -1.77. The van der Waals surface area contributed by atoms with Crippen LogP contribution in [0.5, 0.6) is 0 Å². The Bertz CT molecular complexity index is 391. The second-order valence-electron chi connectivity index (χ2n) is 2.65. The lowest BCUT2D eigenvalue weighted by molar-refractivity contribution is -0.118. The van der Waals surface area contributed by atoms with Crippen LogP contribution >= 0.6 is 11.8 Å². The maximum Gasteiger partial charge on any atom is 0.230 e. The van der Waals surface area contributed by atoms with Crippen molar-refractivity contribution in [3.05, 3.63) is 5.69 Å². The molecule has 88 valence electrons. The average Bonchev–Trinajstić information content (AvgIpc) is 2.74. The van der Waals surface area contributed by atoms with Gasteiger partial charge in [-0.05, 0) is 17.2 Å². The molecule has 0 radical (unpaired) electrons. The molecule has 0 saturated heterocycles. The number of hydrogen-bond acceptors (Lipinski definition) is 7. The molecule has 0 aliphatic carbocycles. The Morgan fingerprint density at radius 3 is 3.06 bits per heavy atom. The second kappa shape index (κ2) is 5.95. The molecule has 0 aliphatic heterocycles. The van der Waals surface area contributed by atoms with E-state index in [1.165, 1.54) is 0 Å². The fourth-order valence-corrected chi connectivity index (χ4v) is 1.60. The number of amides is 1. The van der Waals surface area contributed by atoms with Gasteiger partial charge in [0.15, 0.2) is 16.6 Å². The minimum absolute atomic E-state index is 0.122. The van der Waals surface area contributed by atoms with Gasteiger partial charge in [0.05, 0.1) is 5.75 Å². The molecule has 0 atom stereocenters. The number of rotatable bonds is 5. The van der Waals surface area contributed by atoms with Crippen molar-refractivity contribution in [2.75, 3.05) is 12.3 Å². The lowest BCUT2D eigenvalue weighted by Crippen LogP contribution is -2.24. The maximum atomic E-state index is 11.2. The van der Waals surface area contributed by atoms with Crippen molar-refractivity contribution in [3.63, 3.8) is 0 Å². The highest BCUT2D eigenvalue weighted by Gasteiger charge is 2.16. The number of oxime groups is 1. The Morgan fingerprint density at radius 2 is 2.44 bits per heavy atom. The summed E-state index contributed by atoms with van der Waals surface area (Å²) in [4.78, 5) is 11.2. The van der Waals surface area contributed by atoms with Gasteiger partial charge in [-0.2, -0.15) is 0 Å². The van der Waals surface area contributed by atoms with Gasteiger partial charge in [0.2, 0.25) is 5.91 Å². The normalized spacial score (nSPS) is 11.4. The highest BCUT2D eigenvalue weighted by molar-refractivity contribution is 8.00. The van der Waals surface area contributed by atoms with Crippen LogP contribution in [-0.2, 0) is 4.79 Å². The first-order valence-corrected chi connectivity index (χ1v) is 5.37. The first kappa shape index (κ1) is 12.3. The molecule has 16 heavy (non-hydrogen) atoms. The van der Waals surface area contributed by atoms with E-state index >= 15 is 0 Å². The SMILES string of the molecule is CCNC(=O)CSc1nonc1C(N)=NO. The molecule has 1 aromatic heterocycles. The number of nitrogens with two attached hydrogens (primary N) is 1. The number of carbonyl (C=O) groups is 1. The molecule has 1 amide bonds. The van der Waals surface area contributed by atoms with Crippen LogP contribution < -0.4 is 11.1 Å². The standard InChI is InChI=1S/C7H11N5O3S/c1-2-9-4(13)3-16-7-5(6(8)10-14)11-15-12-7/h14H,2-3H2,1H3,(H2,8,10)(H,9,13). The van der Waals surface area contributed by atoms with Gasteiger partial charge in [-0.1, -0.05) is 16.9 Å². The molecule has 0 aliphatic rings. The summed E-state index contributed by atoms with van der Waals surface area (Å²) in [5, 5.41) is 21.2. The van der Waals surface area contributed by atoms with E-state index in [4.69, 9.17) is 10.9 Å². The predicted octanol–water partition coefficient (Wildman–Crippen LogP) is -0.608. The summed E-state index contributed by atoms with van der Waals surface area (Å²) < 4.78 is 4.44. The number of carbonyl (C=O) groups excluding carboxylic acids is 1. The van der Waals surface area contributed by atoms with Crippen LogP contribution in [0.1, 0.15) is 12.6 Å². The van der Waals surface area contributed by atoms with E-state index < -0.39 is 0 Å².